The average Bonchev–Trinajstić information content (AvgIpc) is 3.39. The summed E-state index contributed by atoms with van der Waals surface area (Å²) in [4.78, 5) is 49.7. The predicted molar refractivity (Wildman–Crippen MR) is 141 cm³/mol. The molecular formula is C27H30F3N5O7. The number of rotatable bonds is 6. The fourth-order valence-electron chi connectivity index (χ4n) is 4.68. The van der Waals surface area contributed by atoms with E-state index in [1.807, 2.05) is 0 Å². The van der Waals surface area contributed by atoms with Crippen LogP contribution in [0, 0.1) is 0 Å². The number of nitrogens with zero attached hydrogens (tertiary/aromatic N) is 4. The van der Waals surface area contributed by atoms with E-state index in [0.29, 0.717) is 0 Å². The molecule has 0 bridgehead atoms. The third kappa shape index (κ3) is 5.74. The van der Waals surface area contributed by atoms with Crippen molar-refractivity contribution >= 4 is 28.7 Å². The van der Waals surface area contributed by atoms with E-state index in [1.54, 1.807) is 6.92 Å². The molecule has 1 aliphatic heterocycles. The topological polar surface area (TPSA) is 161 Å². The number of halogens is 3. The van der Waals surface area contributed by atoms with Crippen molar-refractivity contribution in [3.63, 3.8) is 0 Å². The lowest BCUT2D eigenvalue weighted by Crippen LogP contribution is -2.62. The van der Waals surface area contributed by atoms with Gasteiger partial charge in [-0.2, -0.15) is 13.2 Å². The van der Waals surface area contributed by atoms with Gasteiger partial charge in [0.2, 0.25) is 5.89 Å². The van der Waals surface area contributed by atoms with Gasteiger partial charge >= 0.3 is 12.1 Å². The molecule has 3 heterocycles. The lowest BCUT2D eigenvalue weighted by atomic mass is 10.0. The molecule has 2 amide bonds. The van der Waals surface area contributed by atoms with Crippen LogP contribution in [0.15, 0.2) is 28.7 Å². The highest BCUT2D eigenvalue weighted by Gasteiger charge is 2.42. The molecule has 0 aliphatic carbocycles. The number of hydrogen-bond acceptors (Lipinski definition) is 10. The van der Waals surface area contributed by atoms with E-state index in [-0.39, 0.29) is 59.2 Å². The van der Waals surface area contributed by atoms with Crippen molar-refractivity contribution in [2.24, 2.45) is 5.73 Å². The van der Waals surface area contributed by atoms with Gasteiger partial charge in [0.05, 0.1) is 26.8 Å². The number of carbonyl (C=O) groups is 3. The maximum atomic E-state index is 13.8. The van der Waals surface area contributed by atoms with Gasteiger partial charge in [-0.25, -0.2) is 14.8 Å². The Morgan fingerprint density at radius 2 is 1.81 bits per heavy atom. The average molecular weight is 594 g/mol. The SMILES string of the molecule is COC(=O)C1CN(C(=O)C(C)(C)O)CCN1C(=O)c1nc(-c2ccc(OC)c3nc(C(F)(F)F)ccc23)oc1[C@H](C)N. The molecule has 1 aromatic carbocycles. The Kier molecular flexibility index (Phi) is 8.20. The van der Waals surface area contributed by atoms with Crippen LogP contribution in [0.2, 0.25) is 0 Å². The molecular weight excluding hydrogens is 563 g/mol. The molecule has 12 nitrogen and oxygen atoms in total. The van der Waals surface area contributed by atoms with E-state index >= 15 is 0 Å². The molecule has 3 aromatic rings. The number of aliphatic hydroxyl groups is 1. The van der Waals surface area contributed by atoms with Crippen molar-refractivity contribution in [3.8, 4) is 17.2 Å². The highest BCUT2D eigenvalue weighted by Crippen LogP contribution is 2.37. The number of nitrogens with two attached hydrogens (primary N) is 1. The number of aromatic nitrogens is 2. The number of hydrogen-bond donors (Lipinski definition) is 2. The van der Waals surface area contributed by atoms with E-state index in [1.165, 1.54) is 49.0 Å². The van der Waals surface area contributed by atoms with Crippen LogP contribution in [0.3, 0.4) is 0 Å². The smallest absolute Gasteiger partial charge is 0.433 e. The molecule has 0 radical (unpaired) electrons. The predicted octanol–water partition coefficient (Wildman–Crippen LogP) is 2.53. The number of fused-ring (bicyclic) bond motifs is 1. The van der Waals surface area contributed by atoms with Crippen LogP contribution in [0.5, 0.6) is 5.75 Å². The summed E-state index contributed by atoms with van der Waals surface area (Å²) in [6.07, 6.45) is -4.70. The van der Waals surface area contributed by atoms with Gasteiger partial charge in [-0.1, -0.05) is 0 Å². The van der Waals surface area contributed by atoms with Crippen LogP contribution in [0.1, 0.15) is 48.8 Å². The number of piperazine rings is 1. The molecule has 0 spiro atoms. The van der Waals surface area contributed by atoms with Crippen molar-refractivity contribution < 1.29 is 46.6 Å². The Morgan fingerprint density at radius 3 is 2.38 bits per heavy atom. The minimum atomic E-state index is -4.70. The van der Waals surface area contributed by atoms with Crippen LogP contribution >= 0.6 is 0 Å². The Morgan fingerprint density at radius 1 is 1.12 bits per heavy atom. The van der Waals surface area contributed by atoms with Crippen molar-refractivity contribution in [3.05, 3.63) is 41.4 Å². The van der Waals surface area contributed by atoms with Crippen molar-refractivity contribution in [1.29, 1.82) is 0 Å². The molecule has 1 saturated heterocycles. The zero-order valence-corrected chi connectivity index (χ0v) is 23.5. The lowest BCUT2D eigenvalue weighted by Gasteiger charge is -2.41. The quantitative estimate of drug-likeness (QED) is 0.407. The number of amides is 2. The zero-order valence-electron chi connectivity index (χ0n) is 23.5. The van der Waals surface area contributed by atoms with Crippen LogP contribution in [0.25, 0.3) is 22.4 Å². The monoisotopic (exact) mass is 593 g/mol. The molecule has 1 fully saturated rings. The molecule has 1 unspecified atom stereocenters. The summed E-state index contributed by atoms with van der Waals surface area (Å²) in [6, 6.07) is 2.83. The number of ether oxygens (including phenoxy) is 2. The summed E-state index contributed by atoms with van der Waals surface area (Å²) in [5, 5.41) is 10.4. The first-order valence-electron chi connectivity index (χ1n) is 12.8. The summed E-state index contributed by atoms with van der Waals surface area (Å²) < 4.78 is 56.1. The summed E-state index contributed by atoms with van der Waals surface area (Å²) in [6.45, 7) is 3.84. The number of alkyl halides is 3. The highest BCUT2D eigenvalue weighted by atomic mass is 19.4. The van der Waals surface area contributed by atoms with Crippen molar-refractivity contribution in [2.45, 2.75) is 44.6 Å². The standard InChI is InChI=1S/C27H30F3N5O7/c1-13(31)21-20(23(36)35-11-10-34(25(38)26(2,3)39)12-16(35)24(37)41-5)33-22(42-21)15-6-8-17(40-4)19-14(15)7-9-18(32-19)27(28,29)30/h6-9,13,16,39H,10-12,31H2,1-5H3/t13-,16?/m0/s1. The largest absolute Gasteiger partial charge is 0.494 e. The summed E-state index contributed by atoms with van der Waals surface area (Å²) in [5.41, 5.74) is 3.17. The molecule has 0 saturated carbocycles. The van der Waals surface area contributed by atoms with Gasteiger partial charge in [0, 0.05) is 24.0 Å². The first-order valence-corrected chi connectivity index (χ1v) is 12.8. The maximum absolute atomic E-state index is 13.8. The molecule has 2 aromatic heterocycles. The number of esters is 1. The molecule has 2 atom stereocenters. The van der Waals surface area contributed by atoms with Crippen molar-refractivity contribution in [2.75, 3.05) is 33.9 Å². The van der Waals surface area contributed by atoms with Crippen LogP contribution in [-0.4, -0.2) is 88.2 Å². The Bertz CT molecular complexity index is 1530. The van der Waals surface area contributed by atoms with Gasteiger partial charge in [-0.15, -0.1) is 0 Å². The summed E-state index contributed by atoms with van der Waals surface area (Å²) in [7, 11) is 2.43. The van der Waals surface area contributed by atoms with Crippen LogP contribution in [0.4, 0.5) is 13.2 Å². The third-order valence-electron chi connectivity index (χ3n) is 6.76. The first-order chi connectivity index (χ1) is 19.6. The second-order valence-corrected chi connectivity index (χ2v) is 10.3. The van der Waals surface area contributed by atoms with Crippen LogP contribution in [-0.2, 0) is 20.5 Å². The number of benzene rings is 1. The van der Waals surface area contributed by atoms with E-state index < -0.39 is 47.3 Å². The Hall–Kier alpha value is -4.24. The number of carbonyl (C=O) groups excluding carboxylic acids is 3. The van der Waals surface area contributed by atoms with E-state index in [0.717, 1.165) is 13.2 Å². The van der Waals surface area contributed by atoms with Gasteiger partial charge in [-0.3, -0.25) is 9.59 Å². The highest BCUT2D eigenvalue weighted by molar-refractivity contribution is 5.99. The second-order valence-electron chi connectivity index (χ2n) is 10.3. The summed E-state index contributed by atoms with van der Waals surface area (Å²) in [5.74, 6) is -2.23. The van der Waals surface area contributed by atoms with Crippen molar-refractivity contribution in [1.82, 2.24) is 19.8 Å². The molecule has 1 aliphatic rings. The van der Waals surface area contributed by atoms with Gasteiger partial charge in [-0.05, 0) is 45.0 Å². The van der Waals surface area contributed by atoms with Gasteiger partial charge in [0.15, 0.2) is 11.5 Å². The first kappa shape index (κ1) is 30.7. The number of oxazole rings is 1. The number of methoxy groups -OCH3 is 2. The minimum absolute atomic E-state index is 0.0105. The molecule has 3 N–H and O–H groups in total. The molecule has 4 rings (SSSR count). The van der Waals surface area contributed by atoms with E-state index in [4.69, 9.17) is 19.6 Å². The molecule has 226 valence electrons. The lowest BCUT2D eigenvalue weighted by molar-refractivity contribution is -0.156. The van der Waals surface area contributed by atoms with E-state index in [2.05, 4.69) is 9.97 Å². The molecule has 42 heavy (non-hydrogen) atoms. The Labute approximate surface area is 238 Å². The zero-order chi connectivity index (χ0) is 31.1. The van der Waals surface area contributed by atoms with Crippen LogP contribution < -0.4 is 10.5 Å². The minimum Gasteiger partial charge on any atom is -0.494 e. The normalized spacial score (nSPS) is 16.9. The summed E-state index contributed by atoms with van der Waals surface area (Å²) >= 11 is 0. The fourth-order valence-corrected chi connectivity index (χ4v) is 4.68. The maximum Gasteiger partial charge on any atom is 0.433 e. The van der Waals surface area contributed by atoms with Gasteiger partial charge in [0.25, 0.3) is 11.8 Å². The third-order valence-corrected chi connectivity index (χ3v) is 6.76. The van der Waals surface area contributed by atoms with Gasteiger partial charge < -0.3 is 34.5 Å². The molecule has 15 heteroatoms. The Balaban J connectivity index is 1.77. The number of pyridine rings is 1. The van der Waals surface area contributed by atoms with E-state index in [9.17, 15) is 32.7 Å². The van der Waals surface area contributed by atoms with Gasteiger partial charge in [0.1, 0.15) is 28.6 Å². The second kappa shape index (κ2) is 11.2. The fraction of sp³-hybridized carbons (Fsp3) is 0.444.